The molecule has 7 heteroatoms. The number of benzene rings is 1. The van der Waals surface area contributed by atoms with Crippen molar-refractivity contribution in [2.24, 2.45) is 0 Å². The second-order valence-corrected chi connectivity index (χ2v) is 6.05. The van der Waals surface area contributed by atoms with Crippen LogP contribution in [0, 0.1) is 5.21 Å². The molecule has 1 aromatic carbocycles. The van der Waals surface area contributed by atoms with Crippen molar-refractivity contribution in [1.82, 2.24) is 5.32 Å². The average molecular weight is 348 g/mol. The number of carbonyl (C=O) groups is 1. The van der Waals surface area contributed by atoms with Crippen molar-refractivity contribution >= 4 is 17.7 Å². The number of pyridine rings is 1. The zero-order valence-corrected chi connectivity index (χ0v) is 14.6. The lowest BCUT2D eigenvalue weighted by molar-refractivity contribution is -0.645. The Kier molecular flexibility index (Phi) is 6.31. The van der Waals surface area contributed by atoms with Crippen molar-refractivity contribution in [1.29, 1.82) is 0 Å². The fourth-order valence-electron chi connectivity index (χ4n) is 2.20. The van der Waals surface area contributed by atoms with Crippen LogP contribution in [0.5, 0.6) is 11.5 Å². The Bertz CT molecular complexity index is 709. The van der Waals surface area contributed by atoms with Gasteiger partial charge in [-0.05, 0) is 43.0 Å². The first kappa shape index (κ1) is 17.9. The molecule has 128 valence electrons. The van der Waals surface area contributed by atoms with Gasteiger partial charge in [0.15, 0.2) is 6.20 Å². The minimum Gasteiger partial charge on any atom is -0.618 e. The highest BCUT2D eigenvalue weighted by Gasteiger charge is 2.16. The Hall–Kier alpha value is -2.41. The molecule has 0 aliphatic carbocycles. The maximum Gasteiger partial charge on any atom is 0.251 e. The predicted octanol–water partition coefficient (Wildman–Crippen LogP) is 2.31. The first-order valence-electron chi connectivity index (χ1n) is 7.37. The fraction of sp³-hybridized carbons (Fsp3) is 0.294. The molecular weight excluding hydrogens is 328 g/mol. The summed E-state index contributed by atoms with van der Waals surface area (Å²) in [7, 11) is 3.17. The molecule has 0 aliphatic heterocycles. The van der Waals surface area contributed by atoms with E-state index in [1.807, 2.05) is 13.0 Å². The maximum absolute atomic E-state index is 12.2. The van der Waals surface area contributed by atoms with Gasteiger partial charge in [0.1, 0.15) is 11.5 Å². The van der Waals surface area contributed by atoms with E-state index in [1.54, 1.807) is 44.6 Å². The second-order valence-electron chi connectivity index (χ2n) is 5.05. The first-order valence-corrected chi connectivity index (χ1v) is 8.36. The summed E-state index contributed by atoms with van der Waals surface area (Å²) in [5.74, 6) is 1.36. The van der Waals surface area contributed by atoms with Gasteiger partial charge >= 0.3 is 0 Å². The molecule has 0 saturated heterocycles. The Balaban J connectivity index is 2.00. The van der Waals surface area contributed by atoms with E-state index in [9.17, 15) is 10.0 Å². The number of carbonyl (C=O) groups excluding carboxylic acids is 1. The van der Waals surface area contributed by atoms with Gasteiger partial charge in [-0.3, -0.25) is 4.79 Å². The average Bonchev–Trinajstić information content (AvgIpc) is 2.60. The van der Waals surface area contributed by atoms with E-state index in [0.29, 0.717) is 16.5 Å². The molecule has 0 aliphatic rings. The highest BCUT2D eigenvalue weighted by molar-refractivity contribution is 7.99. The molecule has 1 aromatic heterocycles. The topological polar surface area (TPSA) is 74.5 Å². The minimum atomic E-state index is -0.252. The van der Waals surface area contributed by atoms with Crippen LogP contribution in [-0.4, -0.2) is 25.9 Å². The van der Waals surface area contributed by atoms with Crippen LogP contribution in [0.2, 0.25) is 0 Å². The third-order valence-corrected chi connectivity index (χ3v) is 4.44. The van der Waals surface area contributed by atoms with Gasteiger partial charge in [-0.15, -0.1) is 0 Å². The Morgan fingerprint density at radius 1 is 1.29 bits per heavy atom. The summed E-state index contributed by atoms with van der Waals surface area (Å²) in [6.45, 7) is 1.87. The molecule has 6 nitrogen and oxygen atoms in total. The van der Waals surface area contributed by atoms with Crippen molar-refractivity contribution in [2.75, 3.05) is 20.0 Å². The zero-order chi connectivity index (χ0) is 17.5. The lowest BCUT2D eigenvalue weighted by atomic mass is 10.1. The smallest absolute Gasteiger partial charge is 0.251 e. The van der Waals surface area contributed by atoms with Gasteiger partial charge in [-0.1, -0.05) is 0 Å². The molecule has 0 saturated carbocycles. The molecule has 1 atom stereocenters. The summed E-state index contributed by atoms with van der Waals surface area (Å²) in [6.07, 6.45) is 1.41. The predicted molar refractivity (Wildman–Crippen MR) is 92.2 cm³/mol. The minimum absolute atomic E-state index is 0.156. The number of nitrogens with one attached hydrogen (secondary N) is 1. The summed E-state index contributed by atoms with van der Waals surface area (Å²) in [4.78, 5) is 12.2. The van der Waals surface area contributed by atoms with Crippen molar-refractivity contribution in [3.8, 4) is 11.5 Å². The Morgan fingerprint density at radius 2 is 2.08 bits per heavy atom. The summed E-state index contributed by atoms with van der Waals surface area (Å²) >= 11 is 1.19. The molecule has 0 radical (unpaired) electrons. The SMILES string of the molecule is COc1ccc(OC)c([C@H](C)NC(=O)CSc2cccc[n+]2[O-])c1. The Morgan fingerprint density at radius 3 is 2.75 bits per heavy atom. The second kappa shape index (κ2) is 8.44. The van der Waals surface area contributed by atoms with Gasteiger partial charge in [-0.25, -0.2) is 0 Å². The van der Waals surface area contributed by atoms with Gasteiger partial charge in [0, 0.05) is 17.7 Å². The van der Waals surface area contributed by atoms with E-state index < -0.39 is 0 Å². The van der Waals surface area contributed by atoms with Crippen LogP contribution in [0.1, 0.15) is 18.5 Å². The number of amides is 1. The third-order valence-electron chi connectivity index (χ3n) is 3.42. The van der Waals surface area contributed by atoms with Crippen LogP contribution in [0.3, 0.4) is 0 Å². The monoisotopic (exact) mass is 348 g/mol. The van der Waals surface area contributed by atoms with E-state index in [-0.39, 0.29) is 17.7 Å². The summed E-state index contributed by atoms with van der Waals surface area (Å²) in [5.41, 5.74) is 0.828. The summed E-state index contributed by atoms with van der Waals surface area (Å²) < 4.78 is 11.3. The van der Waals surface area contributed by atoms with Gasteiger partial charge in [0.05, 0.1) is 26.0 Å². The molecule has 0 bridgehead atoms. The van der Waals surface area contributed by atoms with Crippen LogP contribution in [0.25, 0.3) is 0 Å². The summed E-state index contributed by atoms with van der Waals surface area (Å²) in [5, 5.41) is 15.0. The van der Waals surface area contributed by atoms with Crippen LogP contribution in [0.4, 0.5) is 0 Å². The van der Waals surface area contributed by atoms with Crippen molar-refractivity contribution in [2.45, 2.75) is 18.0 Å². The summed E-state index contributed by atoms with van der Waals surface area (Å²) in [6, 6.07) is 10.3. The number of ether oxygens (including phenoxy) is 2. The van der Waals surface area contributed by atoms with E-state index >= 15 is 0 Å². The molecule has 2 aromatic rings. The van der Waals surface area contributed by atoms with Gasteiger partial charge < -0.3 is 20.0 Å². The molecular formula is C17H20N2O4S. The number of aromatic nitrogens is 1. The highest BCUT2D eigenvalue weighted by Crippen LogP contribution is 2.29. The number of thioether (sulfide) groups is 1. The van der Waals surface area contributed by atoms with E-state index in [0.717, 1.165) is 10.3 Å². The van der Waals surface area contributed by atoms with Gasteiger partial charge in [0.2, 0.25) is 5.91 Å². The Labute approximate surface area is 145 Å². The van der Waals surface area contributed by atoms with Crippen LogP contribution in [-0.2, 0) is 4.79 Å². The largest absolute Gasteiger partial charge is 0.618 e. The molecule has 2 rings (SSSR count). The molecule has 1 heterocycles. The van der Waals surface area contributed by atoms with Crippen molar-refractivity contribution < 1.29 is 19.0 Å². The molecule has 1 amide bonds. The number of hydrogen-bond donors (Lipinski definition) is 1. The van der Waals surface area contributed by atoms with Gasteiger partial charge in [0.25, 0.3) is 5.03 Å². The highest BCUT2D eigenvalue weighted by atomic mass is 32.2. The fourth-order valence-corrected chi connectivity index (χ4v) is 2.93. The molecule has 0 fully saturated rings. The third kappa shape index (κ3) is 4.55. The zero-order valence-electron chi connectivity index (χ0n) is 13.8. The number of nitrogens with zero attached hydrogens (tertiary/aromatic N) is 1. The van der Waals surface area contributed by atoms with Crippen LogP contribution in [0.15, 0.2) is 47.6 Å². The normalized spacial score (nSPS) is 11.6. The van der Waals surface area contributed by atoms with E-state index in [2.05, 4.69) is 5.32 Å². The molecule has 0 unspecified atom stereocenters. The van der Waals surface area contributed by atoms with Crippen LogP contribution >= 0.6 is 11.8 Å². The lowest BCUT2D eigenvalue weighted by Crippen LogP contribution is -2.31. The van der Waals surface area contributed by atoms with Crippen molar-refractivity contribution in [3.63, 3.8) is 0 Å². The van der Waals surface area contributed by atoms with Crippen LogP contribution < -0.4 is 19.5 Å². The van der Waals surface area contributed by atoms with E-state index in [4.69, 9.17) is 9.47 Å². The number of rotatable bonds is 7. The number of methoxy groups -OCH3 is 2. The van der Waals surface area contributed by atoms with Gasteiger partial charge in [-0.2, -0.15) is 4.73 Å². The lowest BCUT2D eigenvalue weighted by Gasteiger charge is -2.18. The molecule has 0 spiro atoms. The number of hydrogen-bond acceptors (Lipinski definition) is 5. The molecule has 1 N–H and O–H groups in total. The quantitative estimate of drug-likeness (QED) is 0.472. The maximum atomic E-state index is 12.2. The van der Waals surface area contributed by atoms with E-state index in [1.165, 1.54) is 18.0 Å². The molecule has 24 heavy (non-hydrogen) atoms. The standard InChI is InChI=1S/C17H20N2O4S/c1-12(14-10-13(22-2)7-8-15(14)23-3)18-16(20)11-24-17-6-4-5-9-19(17)21/h4-10,12H,11H2,1-3H3,(H,18,20)/t12-/m0/s1. The van der Waals surface area contributed by atoms with Crippen molar-refractivity contribution in [3.05, 3.63) is 53.4 Å². The first-order chi connectivity index (χ1) is 11.5.